The minimum atomic E-state index is 0.700. The third kappa shape index (κ3) is 3.23. The first kappa shape index (κ1) is 13.7. The van der Waals surface area contributed by atoms with E-state index >= 15 is 0 Å². The predicted octanol–water partition coefficient (Wildman–Crippen LogP) is 5.07. The maximum atomic E-state index is 6.00. The molecule has 0 amide bonds. The molecule has 104 valence electrons. The molecule has 21 heavy (non-hydrogen) atoms. The zero-order chi connectivity index (χ0) is 14.7. The molecule has 2 nitrogen and oxygen atoms in total. The topological polar surface area (TPSA) is 22.1 Å². The van der Waals surface area contributed by atoms with E-state index in [1.54, 1.807) is 7.11 Å². The lowest BCUT2D eigenvalue weighted by Gasteiger charge is -2.01. The van der Waals surface area contributed by atoms with Gasteiger partial charge in [-0.05, 0) is 42.0 Å². The van der Waals surface area contributed by atoms with E-state index < -0.39 is 0 Å². The summed E-state index contributed by atoms with van der Waals surface area (Å²) in [5.74, 6) is 0.852. The van der Waals surface area contributed by atoms with Crippen LogP contribution < -0.4 is 4.74 Å². The van der Waals surface area contributed by atoms with Crippen molar-refractivity contribution in [2.75, 3.05) is 7.11 Å². The molecule has 0 fully saturated rings. The highest BCUT2D eigenvalue weighted by Gasteiger charge is 1.97. The van der Waals surface area contributed by atoms with Crippen LogP contribution in [-0.2, 0) is 0 Å². The molecule has 3 aromatic rings. The fourth-order valence-electron chi connectivity index (χ4n) is 2.10. The molecule has 0 N–H and O–H groups in total. The van der Waals surface area contributed by atoms with Gasteiger partial charge >= 0.3 is 0 Å². The summed E-state index contributed by atoms with van der Waals surface area (Å²) in [6.07, 6.45) is 4.01. The quantitative estimate of drug-likeness (QED) is 0.673. The van der Waals surface area contributed by atoms with E-state index in [0.717, 1.165) is 27.9 Å². The number of pyridine rings is 1. The summed E-state index contributed by atoms with van der Waals surface area (Å²) >= 11 is 6.00. The third-order valence-corrected chi connectivity index (χ3v) is 3.47. The lowest BCUT2D eigenvalue weighted by molar-refractivity contribution is 0.415. The van der Waals surface area contributed by atoms with Gasteiger partial charge in [0.05, 0.1) is 18.3 Å². The van der Waals surface area contributed by atoms with Crippen molar-refractivity contribution in [2.24, 2.45) is 0 Å². The van der Waals surface area contributed by atoms with Crippen molar-refractivity contribution >= 4 is 34.7 Å². The van der Waals surface area contributed by atoms with Gasteiger partial charge in [-0.15, -0.1) is 0 Å². The van der Waals surface area contributed by atoms with E-state index in [2.05, 4.69) is 4.98 Å². The molecule has 3 heteroatoms. The molecule has 1 heterocycles. The molecule has 0 saturated heterocycles. The molecule has 0 aliphatic rings. The van der Waals surface area contributed by atoms with Crippen LogP contribution in [0.1, 0.15) is 11.3 Å². The Hall–Kier alpha value is -2.32. The van der Waals surface area contributed by atoms with Crippen LogP contribution in [0.5, 0.6) is 5.75 Å². The fraction of sp³-hybridized carbons (Fsp3) is 0.0556. The van der Waals surface area contributed by atoms with Gasteiger partial charge in [-0.3, -0.25) is 0 Å². The van der Waals surface area contributed by atoms with E-state index in [0.29, 0.717) is 5.02 Å². The number of benzene rings is 2. The standard InChI is InChI=1S/C18H14ClNO/c1-21-17-10-3-13(4-11-17)2-8-16-9-6-14-5-7-15(19)12-18(14)20-16/h2-12H,1H3/b8-2+. The number of fused-ring (bicyclic) bond motifs is 1. The molecule has 0 atom stereocenters. The van der Waals surface area contributed by atoms with Crippen LogP contribution in [0.3, 0.4) is 0 Å². The normalized spacial score (nSPS) is 11.1. The second kappa shape index (κ2) is 5.98. The maximum Gasteiger partial charge on any atom is 0.118 e. The third-order valence-electron chi connectivity index (χ3n) is 3.24. The Labute approximate surface area is 128 Å². The Balaban J connectivity index is 1.87. The van der Waals surface area contributed by atoms with Crippen LogP contribution in [0.4, 0.5) is 0 Å². The van der Waals surface area contributed by atoms with Crippen LogP contribution in [-0.4, -0.2) is 12.1 Å². The average molecular weight is 296 g/mol. The van der Waals surface area contributed by atoms with Crippen LogP contribution in [0.15, 0.2) is 54.6 Å². The zero-order valence-corrected chi connectivity index (χ0v) is 12.3. The molecular weight excluding hydrogens is 282 g/mol. The summed E-state index contributed by atoms with van der Waals surface area (Å²) in [6.45, 7) is 0. The van der Waals surface area contributed by atoms with Crippen molar-refractivity contribution in [3.05, 3.63) is 70.9 Å². The van der Waals surface area contributed by atoms with E-state index in [9.17, 15) is 0 Å². The Bertz CT molecular complexity index is 794. The van der Waals surface area contributed by atoms with Crippen molar-refractivity contribution < 1.29 is 4.74 Å². The first-order chi connectivity index (χ1) is 10.2. The van der Waals surface area contributed by atoms with Gasteiger partial charge in [0.1, 0.15) is 5.75 Å². The molecule has 0 aliphatic carbocycles. The average Bonchev–Trinajstić information content (AvgIpc) is 2.53. The maximum absolute atomic E-state index is 6.00. The van der Waals surface area contributed by atoms with E-state index in [1.807, 2.05) is 66.7 Å². The SMILES string of the molecule is COc1ccc(/C=C/c2ccc3ccc(Cl)cc3n2)cc1. The lowest BCUT2D eigenvalue weighted by Crippen LogP contribution is -1.84. The number of ether oxygens (including phenoxy) is 1. The number of rotatable bonds is 3. The van der Waals surface area contributed by atoms with Gasteiger partial charge in [-0.25, -0.2) is 4.98 Å². The van der Waals surface area contributed by atoms with E-state index in [-0.39, 0.29) is 0 Å². The smallest absolute Gasteiger partial charge is 0.118 e. The van der Waals surface area contributed by atoms with Crippen LogP contribution in [0, 0.1) is 0 Å². The highest BCUT2D eigenvalue weighted by Crippen LogP contribution is 2.19. The van der Waals surface area contributed by atoms with Gasteiger partial charge in [-0.1, -0.05) is 41.9 Å². The molecular formula is C18H14ClNO. The highest BCUT2D eigenvalue weighted by atomic mass is 35.5. The van der Waals surface area contributed by atoms with Crippen molar-refractivity contribution in [1.29, 1.82) is 0 Å². The zero-order valence-electron chi connectivity index (χ0n) is 11.6. The number of nitrogens with zero attached hydrogens (tertiary/aromatic N) is 1. The number of aromatic nitrogens is 1. The summed E-state index contributed by atoms with van der Waals surface area (Å²) in [7, 11) is 1.66. The molecule has 0 unspecified atom stereocenters. The Morgan fingerprint density at radius 1 is 0.952 bits per heavy atom. The molecule has 0 aliphatic heterocycles. The minimum Gasteiger partial charge on any atom is -0.497 e. The molecule has 0 spiro atoms. The monoisotopic (exact) mass is 295 g/mol. The van der Waals surface area contributed by atoms with Gasteiger partial charge in [0, 0.05) is 10.4 Å². The molecule has 3 rings (SSSR count). The van der Waals surface area contributed by atoms with Crippen molar-refractivity contribution in [3.8, 4) is 5.75 Å². The van der Waals surface area contributed by atoms with Gasteiger partial charge < -0.3 is 4.74 Å². The molecule has 0 radical (unpaired) electrons. The van der Waals surface area contributed by atoms with Crippen LogP contribution in [0.2, 0.25) is 5.02 Å². The summed E-state index contributed by atoms with van der Waals surface area (Å²) in [4.78, 5) is 4.59. The number of hydrogen-bond acceptors (Lipinski definition) is 2. The van der Waals surface area contributed by atoms with Crippen LogP contribution >= 0.6 is 11.6 Å². The van der Waals surface area contributed by atoms with Gasteiger partial charge in [-0.2, -0.15) is 0 Å². The second-order valence-corrected chi connectivity index (χ2v) is 5.12. The number of hydrogen-bond donors (Lipinski definition) is 0. The van der Waals surface area contributed by atoms with Gasteiger partial charge in [0.25, 0.3) is 0 Å². The Morgan fingerprint density at radius 2 is 1.71 bits per heavy atom. The van der Waals surface area contributed by atoms with Crippen molar-refractivity contribution in [3.63, 3.8) is 0 Å². The number of halogens is 1. The summed E-state index contributed by atoms with van der Waals surface area (Å²) < 4.78 is 5.14. The van der Waals surface area contributed by atoms with Gasteiger partial charge in [0.2, 0.25) is 0 Å². The second-order valence-electron chi connectivity index (χ2n) is 4.68. The highest BCUT2D eigenvalue weighted by molar-refractivity contribution is 6.31. The van der Waals surface area contributed by atoms with Crippen molar-refractivity contribution in [2.45, 2.75) is 0 Å². The van der Waals surface area contributed by atoms with Crippen molar-refractivity contribution in [1.82, 2.24) is 4.98 Å². The first-order valence-electron chi connectivity index (χ1n) is 6.63. The van der Waals surface area contributed by atoms with E-state index in [1.165, 1.54) is 0 Å². The molecule has 1 aromatic heterocycles. The summed E-state index contributed by atoms with van der Waals surface area (Å²) in [5, 5.41) is 1.78. The summed E-state index contributed by atoms with van der Waals surface area (Å²) in [5.41, 5.74) is 2.91. The first-order valence-corrected chi connectivity index (χ1v) is 7.01. The Morgan fingerprint density at radius 3 is 2.48 bits per heavy atom. The minimum absolute atomic E-state index is 0.700. The lowest BCUT2D eigenvalue weighted by atomic mass is 10.1. The fourth-order valence-corrected chi connectivity index (χ4v) is 2.26. The Kier molecular flexibility index (Phi) is 3.89. The summed E-state index contributed by atoms with van der Waals surface area (Å²) in [6, 6.07) is 17.7. The number of methoxy groups -OCH3 is 1. The molecule has 0 bridgehead atoms. The van der Waals surface area contributed by atoms with Crippen LogP contribution in [0.25, 0.3) is 23.1 Å². The van der Waals surface area contributed by atoms with Gasteiger partial charge in [0.15, 0.2) is 0 Å². The van der Waals surface area contributed by atoms with E-state index in [4.69, 9.17) is 16.3 Å². The largest absolute Gasteiger partial charge is 0.497 e. The predicted molar refractivity (Wildman–Crippen MR) is 88.7 cm³/mol. The molecule has 0 saturated carbocycles. The molecule has 2 aromatic carbocycles.